The van der Waals surface area contributed by atoms with Crippen molar-refractivity contribution in [2.24, 2.45) is 0 Å². The normalized spacial score (nSPS) is 15.6. The Labute approximate surface area is 179 Å². The average Bonchev–Trinajstić information content (AvgIpc) is 3.19. The van der Waals surface area contributed by atoms with Crippen LogP contribution in [-0.2, 0) is 13.0 Å². The highest BCUT2D eigenvalue weighted by molar-refractivity contribution is 5.90. The summed E-state index contributed by atoms with van der Waals surface area (Å²) in [5, 5.41) is 1.36. The number of hydrogen-bond acceptors (Lipinski definition) is 2. The average molecular weight is 396 g/mol. The van der Waals surface area contributed by atoms with Crippen LogP contribution in [0.5, 0.6) is 0 Å². The zero-order chi connectivity index (χ0) is 20.2. The van der Waals surface area contributed by atoms with Gasteiger partial charge in [0.2, 0.25) is 0 Å². The van der Waals surface area contributed by atoms with Gasteiger partial charge in [-0.25, -0.2) is 0 Å². The lowest BCUT2D eigenvalue weighted by Gasteiger charge is -2.34. The van der Waals surface area contributed by atoms with E-state index in [2.05, 4.69) is 99.7 Å². The first kappa shape index (κ1) is 19.1. The zero-order valence-electron chi connectivity index (χ0n) is 17.4. The van der Waals surface area contributed by atoms with Crippen molar-refractivity contribution in [3.63, 3.8) is 0 Å². The van der Waals surface area contributed by atoms with Crippen LogP contribution in [0, 0.1) is 0 Å². The van der Waals surface area contributed by atoms with Crippen LogP contribution in [0.25, 0.3) is 22.2 Å². The van der Waals surface area contributed by atoms with E-state index in [1.165, 1.54) is 33.3 Å². The van der Waals surface area contributed by atoms with E-state index in [-0.39, 0.29) is 0 Å². The molecule has 0 amide bonds. The van der Waals surface area contributed by atoms with Gasteiger partial charge in [0.25, 0.3) is 0 Å². The maximum absolute atomic E-state index is 3.68. The number of aromatic amines is 1. The third kappa shape index (κ3) is 4.18. The molecule has 2 heterocycles. The highest BCUT2D eigenvalue weighted by Gasteiger charge is 2.19. The predicted octanol–water partition coefficient (Wildman–Crippen LogP) is 5.20. The summed E-state index contributed by atoms with van der Waals surface area (Å²) in [7, 11) is 0. The Bertz CT molecular complexity index is 1080. The molecule has 1 N–H and O–H groups in total. The van der Waals surface area contributed by atoms with Crippen LogP contribution in [-0.4, -0.2) is 47.5 Å². The Hall–Kier alpha value is -2.88. The maximum Gasteiger partial charge on any atom is 0.0497 e. The smallest absolute Gasteiger partial charge is 0.0497 e. The van der Waals surface area contributed by atoms with Gasteiger partial charge >= 0.3 is 0 Å². The van der Waals surface area contributed by atoms with E-state index in [1.807, 2.05) is 0 Å². The summed E-state index contributed by atoms with van der Waals surface area (Å²) in [6, 6.07) is 30.3. The fraction of sp³-hybridized carbons (Fsp3) is 0.259. The lowest BCUT2D eigenvalue weighted by molar-refractivity contribution is 0.128. The van der Waals surface area contributed by atoms with Gasteiger partial charge in [-0.05, 0) is 29.2 Å². The Kier molecular flexibility index (Phi) is 5.65. The quantitative estimate of drug-likeness (QED) is 0.485. The summed E-state index contributed by atoms with van der Waals surface area (Å²) < 4.78 is 0. The Morgan fingerprint density at radius 1 is 0.667 bits per heavy atom. The lowest BCUT2D eigenvalue weighted by Crippen LogP contribution is -2.46. The summed E-state index contributed by atoms with van der Waals surface area (Å²) in [5.74, 6) is 0. The second-order valence-corrected chi connectivity index (χ2v) is 8.24. The molecule has 1 aliphatic rings. The van der Waals surface area contributed by atoms with Gasteiger partial charge in [0.1, 0.15) is 0 Å². The van der Waals surface area contributed by atoms with Gasteiger partial charge in [-0.15, -0.1) is 0 Å². The van der Waals surface area contributed by atoms with Crippen molar-refractivity contribution in [3.05, 3.63) is 96.1 Å². The standard InChI is InChI=1S/C27H29N3/c1-3-9-22(10-4-1)21-30-19-17-29(18-20-30)16-15-25-24-13-7-8-14-26(24)28-27(25)23-11-5-2-6-12-23/h1-14,28H,15-21H2. The topological polar surface area (TPSA) is 22.3 Å². The molecule has 4 aromatic rings. The first-order valence-electron chi connectivity index (χ1n) is 11.0. The van der Waals surface area contributed by atoms with Crippen molar-refractivity contribution >= 4 is 10.9 Å². The van der Waals surface area contributed by atoms with Crippen LogP contribution in [0.15, 0.2) is 84.9 Å². The fourth-order valence-electron chi connectivity index (χ4n) is 4.59. The van der Waals surface area contributed by atoms with Crippen molar-refractivity contribution in [3.8, 4) is 11.3 Å². The second-order valence-electron chi connectivity index (χ2n) is 8.24. The van der Waals surface area contributed by atoms with Gasteiger partial charge in [-0.2, -0.15) is 0 Å². The van der Waals surface area contributed by atoms with E-state index in [0.717, 1.165) is 45.7 Å². The maximum atomic E-state index is 3.68. The van der Waals surface area contributed by atoms with E-state index < -0.39 is 0 Å². The third-order valence-corrected chi connectivity index (χ3v) is 6.27. The van der Waals surface area contributed by atoms with E-state index in [0.29, 0.717) is 0 Å². The number of para-hydroxylation sites is 1. The molecule has 152 valence electrons. The minimum Gasteiger partial charge on any atom is -0.354 e. The number of benzene rings is 3. The molecular formula is C27H29N3. The van der Waals surface area contributed by atoms with Gasteiger partial charge in [-0.3, -0.25) is 4.90 Å². The molecular weight excluding hydrogens is 366 g/mol. The predicted molar refractivity (Wildman–Crippen MR) is 126 cm³/mol. The van der Waals surface area contributed by atoms with E-state index in [4.69, 9.17) is 0 Å². The first-order chi connectivity index (χ1) is 14.9. The largest absolute Gasteiger partial charge is 0.354 e. The van der Waals surface area contributed by atoms with Gasteiger partial charge in [0.15, 0.2) is 0 Å². The van der Waals surface area contributed by atoms with Gasteiger partial charge in [-0.1, -0.05) is 78.9 Å². The molecule has 0 radical (unpaired) electrons. The Morgan fingerprint density at radius 2 is 1.30 bits per heavy atom. The molecule has 0 atom stereocenters. The summed E-state index contributed by atoms with van der Waals surface area (Å²) >= 11 is 0. The summed E-state index contributed by atoms with van der Waals surface area (Å²) in [5.41, 5.74) is 6.65. The van der Waals surface area contributed by atoms with Gasteiger partial charge in [0.05, 0.1) is 0 Å². The molecule has 0 aliphatic carbocycles. The summed E-state index contributed by atoms with van der Waals surface area (Å²) in [6.07, 6.45) is 1.08. The SMILES string of the molecule is c1ccc(CN2CCN(CCc3c(-c4ccccc4)[nH]c4ccccc34)CC2)cc1. The number of nitrogens with zero attached hydrogens (tertiary/aromatic N) is 2. The van der Waals surface area contributed by atoms with Crippen LogP contribution in [0.2, 0.25) is 0 Å². The first-order valence-corrected chi connectivity index (χ1v) is 11.0. The van der Waals surface area contributed by atoms with Crippen molar-refractivity contribution in [1.29, 1.82) is 0 Å². The minimum absolute atomic E-state index is 1.06. The molecule has 0 unspecified atom stereocenters. The minimum atomic E-state index is 1.06. The molecule has 0 bridgehead atoms. The number of aromatic nitrogens is 1. The van der Waals surface area contributed by atoms with Crippen LogP contribution in [0.4, 0.5) is 0 Å². The van der Waals surface area contributed by atoms with Crippen LogP contribution < -0.4 is 0 Å². The molecule has 0 saturated carbocycles. The van der Waals surface area contributed by atoms with Crippen molar-refractivity contribution in [2.75, 3.05) is 32.7 Å². The molecule has 1 aliphatic heterocycles. The number of hydrogen-bond donors (Lipinski definition) is 1. The van der Waals surface area contributed by atoms with Crippen LogP contribution in [0.1, 0.15) is 11.1 Å². The van der Waals surface area contributed by atoms with Crippen molar-refractivity contribution in [2.45, 2.75) is 13.0 Å². The number of piperazine rings is 1. The molecule has 1 fully saturated rings. The molecule has 30 heavy (non-hydrogen) atoms. The molecule has 1 aromatic heterocycles. The Balaban J connectivity index is 1.26. The Morgan fingerprint density at radius 3 is 2.07 bits per heavy atom. The van der Waals surface area contributed by atoms with Crippen LogP contribution in [0.3, 0.4) is 0 Å². The molecule has 0 spiro atoms. The second kappa shape index (κ2) is 8.86. The molecule has 1 saturated heterocycles. The van der Waals surface area contributed by atoms with Gasteiger partial charge in [0, 0.05) is 55.9 Å². The zero-order valence-corrected chi connectivity index (χ0v) is 17.4. The van der Waals surface area contributed by atoms with Gasteiger partial charge < -0.3 is 9.88 Å². The molecule has 5 rings (SSSR count). The third-order valence-electron chi connectivity index (χ3n) is 6.27. The fourth-order valence-corrected chi connectivity index (χ4v) is 4.59. The molecule has 3 heteroatoms. The van der Waals surface area contributed by atoms with E-state index >= 15 is 0 Å². The number of nitrogens with one attached hydrogen (secondary N) is 1. The van der Waals surface area contributed by atoms with E-state index in [1.54, 1.807) is 0 Å². The molecule has 3 aromatic carbocycles. The summed E-state index contributed by atoms with van der Waals surface area (Å²) in [4.78, 5) is 8.88. The number of H-pyrrole nitrogens is 1. The van der Waals surface area contributed by atoms with Crippen molar-refractivity contribution in [1.82, 2.24) is 14.8 Å². The van der Waals surface area contributed by atoms with E-state index in [9.17, 15) is 0 Å². The highest BCUT2D eigenvalue weighted by atomic mass is 15.3. The number of rotatable bonds is 6. The lowest BCUT2D eigenvalue weighted by atomic mass is 10.0. The van der Waals surface area contributed by atoms with Crippen molar-refractivity contribution < 1.29 is 0 Å². The molecule has 3 nitrogen and oxygen atoms in total. The monoisotopic (exact) mass is 395 g/mol. The highest BCUT2D eigenvalue weighted by Crippen LogP contribution is 2.30. The van der Waals surface area contributed by atoms with Crippen LogP contribution >= 0.6 is 0 Å². The summed E-state index contributed by atoms with van der Waals surface area (Å²) in [6.45, 7) is 6.77. The number of fused-ring (bicyclic) bond motifs is 1.